The molecule has 114 valence electrons. The molecule has 6 heteroatoms. The van der Waals surface area contributed by atoms with Gasteiger partial charge in [0.25, 0.3) is 0 Å². The lowest BCUT2D eigenvalue weighted by atomic mass is 9.99. The van der Waals surface area contributed by atoms with Crippen molar-refractivity contribution in [1.29, 1.82) is 5.26 Å². The van der Waals surface area contributed by atoms with Gasteiger partial charge in [-0.25, -0.2) is 8.42 Å². The zero-order chi connectivity index (χ0) is 15.9. The van der Waals surface area contributed by atoms with Gasteiger partial charge in [0.2, 0.25) is 10.0 Å². The second-order valence-electron chi connectivity index (χ2n) is 5.56. The Balaban J connectivity index is 2.08. The number of sulfonamides is 1. The fourth-order valence-corrected chi connectivity index (χ4v) is 3.98. The molecule has 22 heavy (non-hydrogen) atoms. The number of fused-ring (bicyclic) bond motifs is 1. The van der Waals surface area contributed by atoms with Crippen LogP contribution in [0.3, 0.4) is 0 Å². The van der Waals surface area contributed by atoms with Gasteiger partial charge in [-0.15, -0.1) is 0 Å². The average molecular weight is 315 g/mol. The van der Waals surface area contributed by atoms with Gasteiger partial charge in [-0.05, 0) is 48.2 Å². The van der Waals surface area contributed by atoms with Crippen LogP contribution in [-0.4, -0.2) is 25.8 Å². The molecule has 0 saturated carbocycles. The van der Waals surface area contributed by atoms with E-state index in [1.165, 1.54) is 10.6 Å². The van der Waals surface area contributed by atoms with Gasteiger partial charge < -0.3 is 4.57 Å². The summed E-state index contributed by atoms with van der Waals surface area (Å²) in [5.41, 5.74) is 4.36. The Kier molecular flexibility index (Phi) is 3.45. The predicted molar refractivity (Wildman–Crippen MR) is 86.1 cm³/mol. The molecule has 0 fully saturated rings. The molecule has 0 bridgehead atoms. The van der Waals surface area contributed by atoms with Crippen molar-refractivity contribution in [3.8, 4) is 17.3 Å². The topological polar surface area (TPSA) is 66.1 Å². The fraction of sp³-hybridized carbons (Fsp3) is 0.312. The van der Waals surface area contributed by atoms with E-state index in [-0.39, 0.29) is 0 Å². The summed E-state index contributed by atoms with van der Waals surface area (Å²) in [5, 5.41) is 9.05. The minimum absolute atomic E-state index is 0.536. The number of hydrogen-bond acceptors (Lipinski definition) is 3. The molecule has 5 nitrogen and oxygen atoms in total. The van der Waals surface area contributed by atoms with Gasteiger partial charge in [0.05, 0.1) is 11.9 Å². The lowest BCUT2D eigenvalue weighted by Crippen LogP contribution is -2.34. The Bertz CT molecular complexity index is 875. The molecule has 2 aromatic rings. The van der Waals surface area contributed by atoms with Crippen molar-refractivity contribution in [2.24, 2.45) is 7.05 Å². The summed E-state index contributed by atoms with van der Waals surface area (Å²) >= 11 is 0. The first-order valence-corrected chi connectivity index (χ1v) is 8.93. The number of aryl methyl sites for hydroxylation is 1. The smallest absolute Gasteiger partial charge is 0.232 e. The Morgan fingerprint density at radius 2 is 2.00 bits per heavy atom. The summed E-state index contributed by atoms with van der Waals surface area (Å²) in [6.45, 7) is 0.536. The van der Waals surface area contributed by atoms with Gasteiger partial charge in [0.15, 0.2) is 0 Å². The van der Waals surface area contributed by atoms with E-state index >= 15 is 0 Å². The second-order valence-corrected chi connectivity index (χ2v) is 7.46. The third kappa shape index (κ3) is 2.38. The van der Waals surface area contributed by atoms with Crippen molar-refractivity contribution in [1.82, 2.24) is 4.57 Å². The molecule has 0 spiro atoms. The number of nitriles is 1. The minimum Gasteiger partial charge on any atom is -0.335 e. The van der Waals surface area contributed by atoms with Crippen molar-refractivity contribution in [2.45, 2.75) is 12.8 Å². The van der Waals surface area contributed by atoms with Gasteiger partial charge in [-0.3, -0.25) is 4.31 Å². The van der Waals surface area contributed by atoms with Crippen LogP contribution in [0.1, 0.15) is 17.7 Å². The van der Waals surface area contributed by atoms with Crippen LogP contribution in [0.15, 0.2) is 30.3 Å². The third-order valence-electron chi connectivity index (χ3n) is 4.09. The Hall–Kier alpha value is -2.26. The van der Waals surface area contributed by atoms with E-state index in [1.807, 2.05) is 35.9 Å². The van der Waals surface area contributed by atoms with Gasteiger partial charge >= 0.3 is 0 Å². The first-order valence-electron chi connectivity index (χ1n) is 7.08. The molecule has 1 aromatic carbocycles. The highest BCUT2D eigenvalue weighted by atomic mass is 32.2. The summed E-state index contributed by atoms with van der Waals surface area (Å²) in [6.07, 6.45) is 2.93. The molecule has 0 atom stereocenters. The Morgan fingerprint density at radius 1 is 1.23 bits per heavy atom. The van der Waals surface area contributed by atoms with Crippen LogP contribution < -0.4 is 4.31 Å². The standard InChI is InChI=1S/C16H17N3O2S/c1-18-14(11-17)6-8-15(18)13-5-7-16-12(10-13)4-3-9-19(16)22(2,20)21/h5-8,10H,3-4,9H2,1-2H3. The molecule has 1 aliphatic heterocycles. The fourth-order valence-electron chi connectivity index (χ4n) is 2.98. The summed E-state index contributed by atoms with van der Waals surface area (Å²) in [5.74, 6) is 0. The molecule has 0 amide bonds. The van der Waals surface area contributed by atoms with Gasteiger partial charge in [-0.1, -0.05) is 6.07 Å². The van der Waals surface area contributed by atoms with Crippen LogP contribution in [-0.2, 0) is 23.5 Å². The van der Waals surface area contributed by atoms with E-state index in [9.17, 15) is 8.42 Å². The van der Waals surface area contributed by atoms with E-state index in [1.54, 1.807) is 6.07 Å². The number of anilines is 1. The monoisotopic (exact) mass is 315 g/mol. The van der Waals surface area contributed by atoms with E-state index in [0.717, 1.165) is 35.3 Å². The Labute approximate surface area is 130 Å². The van der Waals surface area contributed by atoms with Crippen molar-refractivity contribution >= 4 is 15.7 Å². The lowest BCUT2D eigenvalue weighted by Gasteiger charge is -2.29. The van der Waals surface area contributed by atoms with E-state index in [0.29, 0.717) is 12.2 Å². The number of rotatable bonds is 2. The van der Waals surface area contributed by atoms with E-state index in [2.05, 4.69) is 6.07 Å². The number of aromatic nitrogens is 1. The normalized spacial score (nSPS) is 14.5. The van der Waals surface area contributed by atoms with Crippen molar-refractivity contribution in [2.75, 3.05) is 17.1 Å². The van der Waals surface area contributed by atoms with Crippen LogP contribution in [0.2, 0.25) is 0 Å². The van der Waals surface area contributed by atoms with Crippen LogP contribution in [0.5, 0.6) is 0 Å². The largest absolute Gasteiger partial charge is 0.335 e. The molecular weight excluding hydrogens is 298 g/mol. The quantitative estimate of drug-likeness (QED) is 0.854. The summed E-state index contributed by atoms with van der Waals surface area (Å²) < 4.78 is 27.1. The van der Waals surface area contributed by atoms with Gasteiger partial charge in [0.1, 0.15) is 11.8 Å². The summed E-state index contributed by atoms with van der Waals surface area (Å²) in [4.78, 5) is 0. The van der Waals surface area contributed by atoms with Crippen molar-refractivity contribution in [3.63, 3.8) is 0 Å². The first kappa shape index (κ1) is 14.7. The zero-order valence-corrected chi connectivity index (χ0v) is 13.4. The van der Waals surface area contributed by atoms with E-state index < -0.39 is 10.0 Å². The van der Waals surface area contributed by atoms with E-state index in [4.69, 9.17) is 5.26 Å². The number of hydrogen-bond donors (Lipinski definition) is 0. The molecule has 1 aliphatic rings. The predicted octanol–water partition coefficient (Wildman–Crippen LogP) is 2.28. The maximum atomic E-state index is 11.9. The minimum atomic E-state index is -3.24. The highest BCUT2D eigenvalue weighted by molar-refractivity contribution is 7.92. The molecule has 0 aliphatic carbocycles. The average Bonchev–Trinajstić information content (AvgIpc) is 2.86. The van der Waals surface area contributed by atoms with Crippen molar-refractivity contribution in [3.05, 3.63) is 41.6 Å². The second kappa shape index (κ2) is 5.18. The molecule has 0 N–H and O–H groups in total. The van der Waals surface area contributed by atoms with Gasteiger partial charge in [-0.2, -0.15) is 5.26 Å². The summed E-state index contributed by atoms with van der Waals surface area (Å²) in [7, 11) is -1.38. The lowest BCUT2D eigenvalue weighted by molar-refractivity contribution is 0.592. The molecule has 3 rings (SSSR count). The molecule has 0 saturated heterocycles. The highest BCUT2D eigenvalue weighted by Gasteiger charge is 2.24. The summed E-state index contributed by atoms with van der Waals surface area (Å²) in [6, 6.07) is 11.7. The van der Waals surface area contributed by atoms with Crippen LogP contribution in [0, 0.1) is 11.3 Å². The van der Waals surface area contributed by atoms with Crippen LogP contribution in [0.4, 0.5) is 5.69 Å². The zero-order valence-electron chi connectivity index (χ0n) is 12.6. The van der Waals surface area contributed by atoms with Crippen LogP contribution in [0.25, 0.3) is 11.3 Å². The maximum absolute atomic E-state index is 11.9. The number of benzene rings is 1. The highest BCUT2D eigenvalue weighted by Crippen LogP contribution is 2.33. The Morgan fingerprint density at radius 3 is 2.64 bits per heavy atom. The first-order chi connectivity index (χ1) is 10.4. The number of nitrogens with zero attached hydrogens (tertiary/aromatic N) is 3. The molecule has 2 heterocycles. The maximum Gasteiger partial charge on any atom is 0.232 e. The third-order valence-corrected chi connectivity index (χ3v) is 5.27. The van der Waals surface area contributed by atoms with Crippen LogP contribution >= 0.6 is 0 Å². The molecular formula is C16H17N3O2S. The SMILES string of the molecule is Cn1c(C#N)ccc1-c1ccc2c(c1)CCCN2S(C)(=O)=O. The van der Waals surface area contributed by atoms with Crippen molar-refractivity contribution < 1.29 is 8.42 Å². The van der Waals surface area contributed by atoms with Gasteiger partial charge in [0, 0.05) is 19.3 Å². The molecule has 0 unspecified atom stereocenters. The molecule has 0 radical (unpaired) electrons. The molecule has 1 aromatic heterocycles.